The molecule has 0 aliphatic heterocycles. The van der Waals surface area contributed by atoms with Gasteiger partial charge in [-0.05, 0) is 40.4 Å². The first kappa shape index (κ1) is 27.1. The molecular formula is C25H30N6O3S2. The minimum absolute atomic E-state index is 0.0957. The molecule has 0 spiro atoms. The number of amides is 3. The second kappa shape index (κ2) is 14.8. The lowest BCUT2D eigenvalue weighted by molar-refractivity contribution is 0.0880. The number of carbonyl (C=O) groups is 2. The first-order valence-electron chi connectivity index (χ1n) is 11.7. The largest absolute Gasteiger partial charge is 0.447 e. The summed E-state index contributed by atoms with van der Waals surface area (Å²) >= 11 is 3.20. The van der Waals surface area contributed by atoms with Crippen LogP contribution in [0.1, 0.15) is 41.5 Å². The van der Waals surface area contributed by atoms with Gasteiger partial charge in [-0.1, -0.05) is 61.3 Å². The van der Waals surface area contributed by atoms with Gasteiger partial charge < -0.3 is 15.4 Å². The molecule has 190 valence electrons. The summed E-state index contributed by atoms with van der Waals surface area (Å²) in [7, 11) is 0. The number of azide groups is 1. The van der Waals surface area contributed by atoms with Crippen LogP contribution in [0, 0.1) is 0 Å². The molecule has 11 heteroatoms. The lowest BCUT2D eigenvalue weighted by Gasteiger charge is -2.24. The lowest BCUT2D eigenvalue weighted by Crippen LogP contribution is -2.45. The Balaban J connectivity index is 1.53. The van der Waals surface area contributed by atoms with Gasteiger partial charge >= 0.3 is 12.1 Å². The lowest BCUT2D eigenvalue weighted by atomic mass is 10.1. The highest BCUT2D eigenvalue weighted by Crippen LogP contribution is 2.18. The van der Waals surface area contributed by atoms with Crippen molar-refractivity contribution in [2.75, 3.05) is 6.61 Å². The molecule has 2 N–H and O–H groups in total. The quantitative estimate of drug-likeness (QED) is 0.142. The van der Waals surface area contributed by atoms with Crippen LogP contribution in [-0.4, -0.2) is 29.7 Å². The van der Waals surface area contributed by atoms with Crippen LogP contribution in [-0.2, 0) is 24.4 Å². The molecule has 36 heavy (non-hydrogen) atoms. The summed E-state index contributed by atoms with van der Waals surface area (Å²) in [6.07, 6.45) is 2.17. The second-order valence-corrected chi connectivity index (χ2v) is 10.2. The zero-order valence-electron chi connectivity index (χ0n) is 20.1. The average Bonchev–Trinajstić information content (AvgIpc) is 3.59. The third-order valence-electron chi connectivity index (χ3n) is 5.31. The molecule has 0 saturated heterocycles. The highest BCUT2D eigenvalue weighted by molar-refractivity contribution is 7.10. The Kier molecular flexibility index (Phi) is 11.1. The average molecular weight is 527 g/mol. The van der Waals surface area contributed by atoms with Crippen LogP contribution >= 0.6 is 22.7 Å². The van der Waals surface area contributed by atoms with Crippen molar-refractivity contribution in [1.82, 2.24) is 15.5 Å². The number of nitrogens with one attached hydrogen (secondary N) is 2. The number of carbonyl (C=O) groups excluding carboxylic acids is 2. The molecule has 0 saturated carbocycles. The van der Waals surface area contributed by atoms with Gasteiger partial charge in [-0.2, -0.15) is 0 Å². The first-order valence-corrected chi connectivity index (χ1v) is 13.5. The molecule has 0 aliphatic carbocycles. The molecule has 0 radical (unpaired) electrons. The van der Waals surface area contributed by atoms with E-state index in [0.29, 0.717) is 31.7 Å². The van der Waals surface area contributed by atoms with E-state index in [2.05, 4.69) is 27.6 Å². The Morgan fingerprint density at radius 3 is 2.31 bits per heavy atom. The molecule has 2 aromatic heterocycles. The highest BCUT2D eigenvalue weighted by Gasteiger charge is 2.20. The Morgan fingerprint density at radius 2 is 1.75 bits per heavy atom. The van der Waals surface area contributed by atoms with Crippen LogP contribution in [0.15, 0.2) is 64.4 Å². The number of nitrogens with zero attached hydrogens (tertiary/aromatic N) is 4. The van der Waals surface area contributed by atoms with Crippen molar-refractivity contribution in [3.63, 3.8) is 0 Å². The molecule has 0 fully saturated rings. The van der Waals surface area contributed by atoms with E-state index in [1.807, 2.05) is 35.0 Å². The Bertz CT molecular complexity index is 1080. The molecule has 3 amide bonds. The van der Waals surface area contributed by atoms with E-state index in [9.17, 15) is 9.59 Å². The van der Waals surface area contributed by atoms with Gasteiger partial charge in [0.2, 0.25) is 0 Å². The molecular weight excluding hydrogens is 496 g/mol. The van der Waals surface area contributed by atoms with Crippen molar-refractivity contribution in [3.8, 4) is 0 Å². The summed E-state index contributed by atoms with van der Waals surface area (Å²) in [5.41, 5.74) is 9.88. The van der Waals surface area contributed by atoms with Gasteiger partial charge in [0, 0.05) is 26.9 Å². The maximum atomic E-state index is 13.0. The topological polar surface area (TPSA) is 119 Å². The van der Waals surface area contributed by atoms with Gasteiger partial charge in [-0.25, -0.2) is 9.59 Å². The molecule has 0 bridgehead atoms. The van der Waals surface area contributed by atoms with Crippen molar-refractivity contribution in [2.45, 2.75) is 51.9 Å². The predicted molar refractivity (Wildman–Crippen MR) is 143 cm³/mol. The van der Waals surface area contributed by atoms with Crippen molar-refractivity contribution >= 4 is 40.5 Å². The second-order valence-electron chi connectivity index (χ2n) is 8.11. The van der Waals surface area contributed by atoms with Crippen molar-refractivity contribution < 1.29 is 14.3 Å². The van der Waals surface area contributed by atoms with E-state index in [0.717, 1.165) is 28.2 Å². The maximum Gasteiger partial charge on any atom is 0.410 e. The third-order valence-corrected chi connectivity index (χ3v) is 7.03. The fourth-order valence-corrected chi connectivity index (χ4v) is 4.87. The molecule has 0 unspecified atom stereocenters. The van der Waals surface area contributed by atoms with Crippen LogP contribution in [0.25, 0.3) is 10.4 Å². The molecule has 0 aliphatic rings. The summed E-state index contributed by atoms with van der Waals surface area (Å²) in [5.74, 6) is 0. The molecule has 3 aromatic rings. The van der Waals surface area contributed by atoms with Crippen LogP contribution < -0.4 is 10.6 Å². The number of hydrogen-bond donors (Lipinski definition) is 2. The Hall–Kier alpha value is -3.53. The van der Waals surface area contributed by atoms with Gasteiger partial charge in [0.1, 0.15) is 6.61 Å². The Labute approximate surface area is 218 Å². The smallest absolute Gasteiger partial charge is 0.410 e. The number of rotatable bonds is 13. The van der Waals surface area contributed by atoms with E-state index < -0.39 is 6.09 Å². The number of benzene rings is 1. The highest BCUT2D eigenvalue weighted by atomic mass is 32.1. The van der Waals surface area contributed by atoms with E-state index >= 15 is 0 Å². The van der Waals surface area contributed by atoms with Gasteiger partial charge in [-0.3, -0.25) is 4.90 Å². The molecule has 2 heterocycles. The normalized spacial score (nSPS) is 11.2. The van der Waals surface area contributed by atoms with Crippen LogP contribution in [0.2, 0.25) is 0 Å². The van der Waals surface area contributed by atoms with E-state index in [1.165, 1.54) is 0 Å². The number of urea groups is 1. The number of hydrogen-bond acceptors (Lipinski definition) is 6. The van der Waals surface area contributed by atoms with E-state index in [4.69, 9.17) is 10.3 Å². The minimum Gasteiger partial charge on any atom is -0.447 e. The van der Waals surface area contributed by atoms with Crippen LogP contribution in [0.3, 0.4) is 0 Å². The Morgan fingerprint density at radius 1 is 1.08 bits per heavy atom. The number of thiophene rings is 2. The molecule has 9 nitrogen and oxygen atoms in total. The number of ether oxygens (including phenoxy) is 1. The fraction of sp³-hybridized carbons (Fsp3) is 0.360. The number of unbranched alkanes of at least 4 members (excludes halogenated alkanes) is 1. The van der Waals surface area contributed by atoms with Gasteiger partial charge in [0.05, 0.1) is 19.1 Å². The van der Waals surface area contributed by atoms with Crippen LogP contribution in [0.4, 0.5) is 15.3 Å². The van der Waals surface area contributed by atoms with Crippen molar-refractivity contribution in [1.29, 1.82) is 0 Å². The zero-order chi connectivity index (χ0) is 25.6. The molecule has 1 atom stereocenters. The van der Waals surface area contributed by atoms with Crippen molar-refractivity contribution in [2.24, 2.45) is 5.11 Å². The monoisotopic (exact) mass is 526 g/mol. The minimum atomic E-state index is -0.402. The van der Waals surface area contributed by atoms with Gasteiger partial charge in [-0.15, -0.1) is 22.7 Å². The van der Waals surface area contributed by atoms with Gasteiger partial charge in [0.25, 0.3) is 0 Å². The predicted octanol–water partition coefficient (Wildman–Crippen LogP) is 6.95. The van der Waals surface area contributed by atoms with Crippen LogP contribution in [0.5, 0.6) is 0 Å². The fourth-order valence-electron chi connectivity index (χ4n) is 3.43. The zero-order valence-corrected chi connectivity index (χ0v) is 21.8. The summed E-state index contributed by atoms with van der Waals surface area (Å²) in [6, 6.07) is 14.3. The molecule has 1 aromatic carbocycles. The summed E-state index contributed by atoms with van der Waals surface area (Å²) in [5, 5.41) is 13.3. The SMILES string of the molecule is CCCC[C@@H](COC(=O)N(Cc1cccs1)Cc1cccs1)NC(=O)NCc1ccc(N=[N+]=[N-])cc1. The summed E-state index contributed by atoms with van der Waals surface area (Å²) in [4.78, 5) is 32.1. The van der Waals surface area contributed by atoms with E-state index in [1.54, 1.807) is 51.8 Å². The summed E-state index contributed by atoms with van der Waals surface area (Å²) < 4.78 is 5.67. The standard InChI is InChI=1S/C25H30N6O3S2/c1-2-3-6-21(28-24(32)27-15-19-9-11-20(12-10-19)29-30-26)18-34-25(33)31(16-22-7-4-13-35-22)17-23-8-5-14-36-23/h4-5,7-14,21H,2-3,6,15-18H2,1H3,(H2,27,28,32)/t21-/m0/s1. The van der Waals surface area contributed by atoms with E-state index in [-0.39, 0.29) is 18.7 Å². The third kappa shape index (κ3) is 9.26. The van der Waals surface area contributed by atoms with Crippen molar-refractivity contribution in [3.05, 3.63) is 85.1 Å². The maximum absolute atomic E-state index is 13.0. The summed E-state index contributed by atoms with van der Waals surface area (Å²) in [6.45, 7) is 3.43. The van der Waals surface area contributed by atoms with Gasteiger partial charge in [0.15, 0.2) is 0 Å². The first-order chi connectivity index (χ1) is 17.6. The molecule has 3 rings (SSSR count).